The molecule has 7 saturated heterocycles. The fraction of sp³-hybridized carbons (Fsp3) is 1.00. The monoisotopic (exact) mass is 1160 g/mol. The summed E-state index contributed by atoms with van der Waals surface area (Å²) in [6.45, 7) is -5.01. The van der Waals surface area contributed by atoms with Crippen molar-refractivity contribution in [2.45, 2.75) is 222 Å². The minimum Gasteiger partial charge on any atom is -0.394 e. The molecule has 79 heavy (non-hydrogen) atoms. The molecule has 0 aromatic carbocycles. The average molecular weight is 1170 g/mol. The number of ether oxygens (including phenoxy) is 14. The van der Waals surface area contributed by atoms with Gasteiger partial charge in [0.15, 0.2) is 37.7 Å². The van der Waals surface area contributed by atoms with E-state index in [2.05, 4.69) is 0 Å². The molecule has 0 spiro atoms. The first-order chi connectivity index (χ1) is 37.5. The molecule has 35 atom stereocenters. The highest BCUT2D eigenvalue weighted by Crippen LogP contribution is 2.38. The van der Waals surface area contributed by atoms with Crippen LogP contribution in [-0.2, 0) is 66.3 Å². The summed E-state index contributed by atoms with van der Waals surface area (Å²) in [6.07, 6.45) is -63.2. The molecule has 7 aliphatic rings. The molecule has 7 rings (SSSR count). The molecule has 0 bridgehead atoms. The molecule has 462 valence electrons. The van der Waals surface area contributed by atoms with E-state index >= 15 is 0 Å². The summed E-state index contributed by atoms with van der Waals surface area (Å²) < 4.78 is 78.2. The predicted octanol–water partition coefficient (Wildman–Crippen LogP) is -14.6. The molecular formula is C44H76O35. The van der Waals surface area contributed by atoms with Gasteiger partial charge in [-0.05, 0) is 6.92 Å². The van der Waals surface area contributed by atoms with Crippen molar-refractivity contribution in [2.75, 3.05) is 53.4 Å². The highest BCUT2D eigenvalue weighted by atomic mass is 16.8. The maximum Gasteiger partial charge on any atom is 0.187 e. The Hall–Kier alpha value is -1.40. The zero-order valence-corrected chi connectivity index (χ0v) is 42.3. The fourth-order valence-electron chi connectivity index (χ4n) is 10.5. The Kier molecular flexibility index (Phi) is 23.3. The third-order valence-corrected chi connectivity index (χ3v) is 15.0. The van der Waals surface area contributed by atoms with Gasteiger partial charge in [0.2, 0.25) is 0 Å². The minimum atomic E-state index is -2.21. The molecule has 7 heterocycles. The molecule has 0 saturated carbocycles. The summed E-state index contributed by atoms with van der Waals surface area (Å²) >= 11 is 0. The van der Waals surface area contributed by atoms with Crippen LogP contribution in [0.4, 0.5) is 0 Å². The molecule has 0 amide bonds. The van der Waals surface area contributed by atoms with Crippen molar-refractivity contribution in [1.29, 1.82) is 0 Å². The summed E-state index contributed by atoms with van der Waals surface area (Å²) in [4.78, 5) is 0. The van der Waals surface area contributed by atoms with Crippen molar-refractivity contribution in [3.63, 3.8) is 0 Å². The third kappa shape index (κ3) is 13.4. The Morgan fingerprint density at radius 2 is 0.405 bits per heavy atom. The molecule has 7 fully saturated rings. The van der Waals surface area contributed by atoms with Gasteiger partial charge in [-0.15, -0.1) is 0 Å². The van der Waals surface area contributed by atoms with Crippen molar-refractivity contribution in [1.82, 2.24) is 0 Å². The molecule has 35 heteroatoms. The van der Waals surface area contributed by atoms with Gasteiger partial charge in [0.05, 0.1) is 52.4 Å². The van der Waals surface area contributed by atoms with Crippen LogP contribution in [0.25, 0.3) is 0 Å². The van der Waals surface area contributed by atoms with E-state index in [4.69, 9.17) is 66.3 Å². The molecule has 0 radical (unpaired) electrons. The quantitative estimate of drug-likeness (QED) is 0.0538. The second-order valence-corrected chi connectivity index (χ2v) is 20.1. The van der Waals surface area contributed by atoms with Gasteiger partial charge in [-0.1, -0.05) is 0 Å². The maximum absolute atomic E-state index is 11.3. The van der Waals surface area contributed by atoms with Crippen molar-refractivity contribution < 1.29 is 174 Å². The van der Waals surface area contributed by atoms with E-state index in [0.29, 0.717) is 0 Å². The van der Waals surface area contributed by atoms with Gasteiger partial charge in [-0.2, -0.15) is 0 Å². The topological polar surface area (TPSA) is 554 Å². The van der Waals surface area contributed by atoms with Gasteiger partial charge >= 0.3 is 0 Å². The van der Waals surface area contributed by atoms with E-state index in [1.165, 1.54) is 14.0 Å². The van der Waals surface area contributed by atoms with E-state index in [-0.39, 0.29) is 0 Å². The van der Waals surface area contributed by atoms with Crippen LogP contribution in [0.1, 0.15) is 6.92 Å². The van der Waals surface area contributed by atoms with Gasteiger partial charge in [0.25, 0.3) is 0 Å². The molecule has 0 aromatic rings. The summed E-state index contributed by atoms with van der Waals surface area (Å²) in [5.74, 6) is 0. The van der Waals surface area contributed by atoms with Crippen LogP contribution in [-0.4, -0.2) is 375 Å². The number of methoxy groups -OCH3 is 1. The van der Waals surface area contributed by atoms with E-state index in [1.54, 1.807) is 0 Å². The Morgan fingerprint density at radius 1 is 0.241 bits per heavy atom. The first-order valence-corrected chi connectivity index (χ1v) is 25.4. The van der Waals surface area contributed by atoms with Gasteiger partial charge in [0, 0.05) is 7.11 Å². The molecule has 35 nitrogen and oxygen atoms in total. The maximum atomic E-state index is 11.3. The van der Waals surface area contributed by atoms with Crippen LogP contribution in [0.15, 0.2) is 0 Å². The van der Waals surface area contributed by atoms with Gasteiger partial charge < -0.3 is 174 Å². The summed E-state index contributed by atoms with van der Waals surface area (Å²) in [5.41, 5.74) is 0. The lowest BCUT2D eigenvalue weighted by atomic mass is 9.94. The molecular weight excluding hydrogens is 1090 g/mol. The molecule has 14 unspecified atom stereocenters. The van der Waals surface area contributed by atoms with Crippen LogP contribution in [0.3, 0.4) is 0 Å². The lowest BCUT2D eigenvalue weighted by Crippen LogP contribution is -2.68. The van der Waals surface area contributed by atoms with E-state index < -0.39 is 261 Å². The number of rotatable bonds is 20. The second-order valence-electron chi connectivity index (χ2n) is 20.1. The van der Waals surface area contributed by atoms with Crippen molar-refractivity contribution in [3.05, 3.63) is 0 Å². The normalized spacial score (nSPS) is 53.0. The SMILES string of the molecule is CO[C@@H]1C(CO)O[C@H](O[C@@H]2C(CO)O[C@H](O[C@@H]3C(CO)O[C@H](O[C@@H]4C(CO)O[C@H](O[C@@H]5C(CO)O[C@H](O[C@@H]6C(CO)O[C@H](O[C@@H]7C(CO)O[C@@H](C)C(O)[C@H]7O)C(O)[C@H]6O)C(O)[C@H]5O)C(O)[C@H]4O)C(O)[C@H]3O)C(O)[C@H]2O)C(O)[C@H]1O. The lowest BCUT2D eigenvalue weighted by Gasteiger charge is -2.50. The highest BCUT2D eigenvalue weighted by Gasteiger charge is 2.58. The lowest BCUT2D eigenvalue weighted by molar-refractivity contribution is -0.397. The van der Waals surface area contributed by atoms with Crippen LogP contribution in [0, 0.1) is 0 Å². The predicted molar refractivity (Wildman–Crippen MR) is 240 cm³/mol. The third-order valence-electron chi connectivity index (χ3n) is 15.0. The summed E-state index contributed by atoms with van der Waals surface area (Å²) in [5, 5.41) is 225. The second kappa shape index (κ2) is 28.2. The molecule has 7 aliphatic heterocycles. The standard InChI is InChI=1S/C44H76O35/c1-10-18(52)19(53)33(12(4-46)67-10)74-40-27(61)21(55)35(14(6-48)69-40)76-42-29(63)23(57)37(16(8-50)71-42)78-44-31(65)25(59)38(17(9-51)73-44)79-43-30(64)24(58)36(15(7-49)72-43)77-41-28(62)22(56)34(13(5-47)70-41)75-39-26(60)20(54)32(66-2)11(3-45)68-39/h10-65H,3-9H2,1-2H3/t10-,11?,12?,13?,14?,15?,16?,17?,18?,19+,20+,21+,22+,23+,24+,25+,26?,27?,28?,29?,30?,31?,32+,33+,34+,35+,36+,37+,38+,39+,40+,41+,42+,43+,44+/m0/s1. The fourth-order valence-corrected chi connectivity index (χ4v) is 10.5. The number of hydrogen-bond donors (Lipinski definition) is 21. The smallest absolute Gasteiger partial charge is 0.187 e. The molecule has 21 N–H and O–H groups in total. The highest BCUT2D eigenvalue weighted by molar-refractivity contribution is 5.01. The van der Waals surface area contributed by atoms with Gasteiger partial charge in [0.1, 0.15) is 171 Å². The van der Waals surface area contributed by atoms with Crippen molar-refractivity contribution in [3.8, 4) is 0 Å². The molecule has 0 aromatic heterocycles. The van der Waals surface area contributed by atoms with E-state index in [0.717, 1.165) is 0 Å². The Bertz CT molecular complexity index is 1820. The number of hydrogen-bond acceptors (Lipinski definition) is 35. The van der Waals surface area contributed by atoms with Gasteiger partial charge in [-0.25, -0.2) is 0 Å². The van der Waals surface area contributed by atoms with Crippen molar-refractivity contribution in [2.24, 2.45) is 0 Å². The Balaban J connectivity index is 0.946. The zero-order valence-electron chi connectivity index (χ0n) is 42.3. The Labute approximate surface area is 448 Å². The average Bonchev–Trinajstić information content (AvgIpc) is 3.48. The summed E-state index contributed by atoms with van der Waals surface area (Å²) in [7, 11) is 1.18. The minimum absolute atomic E-state index is 0.704. The first-order valence-electron chi connectivity index (χ1n) is 25.4. The van der Waals surface area contributed by atoms with Crippen LogP contribution in [0.2, 0.25) is 0 Å². The summed E-state index contributed by atoms with van der Waals surface area (Å²) in [6, 6.07) is 0. The van der Waals surface area contributed by atoms with E-state index in [1.807, 2.05) is 0 Å². The number of aliphatic hydroxyl groups is 21. The van der Waals surface area contributed by atoms with Crippen LogP contribution in [0.5, 0.6) is 0 Å². The van der Waals surface area contributed by atoms with Gasteiger partial charge in [-0.3, -0.25) is 0 Å². The Morgan fingerprint density at radius 3 is 0.595 bits per heavy atom. The van der Waals surface area contributed by atoms with E-state index in [9.17, 15) is 107 Å². The first kappa shape index (κ1) is 65.1. The number of aliphatic hydroxyl groups excluding tert-OH is 21. The van der Waals surface area contributed by atoms with Crippen LogP contribution < -0.4 is 0 Å². The largest absolute Gasteiger partial charge is 0.394 e. The van der Waals surface area contributed by atoms with Crippen molar-refractivity contribution >= 4 is 0 Å². The zero-order chi connectivity index (χ0) is 58.1. The van der Waals surface area contributed by atoms with Crippen LogP contribution >= 0.6 is 0 Å². The molecule has 0 aliphatic carbocycles.